The summed E-state index contributed by atoms with van der Waals surface area (Å²) in [6, 6.07) is 1.59. The second-order valence-corrected chi connectivity index (χ2v) is 3.46. The molecular weight excluding hydrogens is 178 g/mol. The Hall–Kier alpha value is -1.08. The van der Waals surface area contributed by atoms with Gasteiger partial charge in [0.15, 0.2) is 0 Å². The molecule has 0 aliphatic rings. The first-order valence-electron chi connectivity index (χ1n) is 5.03. The average molecular weight is 197 g/mol. The van der Waals surface area contributed by atoms with Crippen LogP contribution in [0.3, 0.4) is 0 Å². The lowest BCUT2D eigenvalue weighted by molar-refractivity contribution is -0.123. The Bertz CT molecular complexity index is 210. The summed E-state index contributed by atoms with van der Waals surface area (Å²) in [6.07, 6.45) is 2.06. The van der Waals surface area contributed by atoms with E-state index in [0.29, 0.717) is 19.4 Å². The van der Waals surface area contributed by atoms with E-state index in [-0.39, 0.29) is 11.8 Å². The number of carbonyl (C=O) groups excluding carboxylic acids is 1. The number of amides is 1. The maximum Gasteiger partial charge on any atom is 0.237 e. The van der Waals surface area contributed by atoms with Crippen molar-refractivity contribution in [1.29, 1.82) is 5.26 Å². The number of nitriles is 1. The highest BCUT2D eigenvalue weighted by atomic mass is 16.2. The number of hydrogen-bond acceptors (Lipinski definition) is 3. The van der Waals surface area contributed by atoms with Crippen LogP contribution in [0.4, 0.5) is 0 Å². The molecule has 4 heteroatoms. The Labute approximate surface area is 85.5 Å². The summed E-state index contributed by atoms with van der Waals surface area (Å²) in [6.45, 7) is 4.50. The first kappa shape index (κ1) is 12.9. The molecule has 0 saturated heterocycles. The number of nitrogens with zero attached hydrogens (tertiary/aromatic N) is 1. The minimum absolute atomic E-state index is 0.114. The third-order valence-electron chi connectivity index (χ3n) is 2.32. The summed E-state index contributed by atoms with van der Waals surface area (Å²) in [5.74, 6) is 0.0863. The first-order valence-corrected chi connectivity index (χ1v) is 5.03. The molecule has 14 heavy (non-hydrogen) atoms. The molecule has 0 spiro atoms. The molecule has 0 rings (SSSR count). The van der Waals surface area contributed by atoms with Crippen LogP contribution in [0.25, 0.3) is 0 Å². The van der Waals surface area contributed by atoms with Gasteiger partial charge < -0.3 is 11.1 Å². The lowest BCUT2D eigenvalue weighted by Gasteiger charge is -2.17. The van der Waals surface area contributed by atoms with Crippen molar-refractivity contribution in [3.05, 3.63) is 0 Å². The largest absolute Gasteiger partial charge is 0.355 e. The first-order chi connectivity index (χ1) is 6.63. The Balaban J connectivity index is 3.68. The predicted molar refractivity (Wildman–Crippen MR) is 55.3 cm³/mol. The molecule has 0 saturated carbocycles. The maximum absolute atomic E-state index is 11.4. The van der Waals surface area contributed by atoms with E-state index in [1.54, 1.807) is 0 Å². The summed E-state index contributed by atoms with van der Waals surface area (Å²) in [4.78, 5) is 11.4. The molecule has 0 bridgehead atoms. The monoisotopic (exact) mass is 197 g/mol. The Kier molecular flexibility index (Phi) is 6.77. The van der Waals surface area contributed by atoms with Gasteiger partial charge in [0.25, 0.3) is 0 Å². The van der Waals surface area contributed by atoms with Crippen molar-refractivity contribution >= 4 is 5.91 Å². The van der Waals surface area contributed by atoms with E-state index >= 15 is 0 Å². The minimum Gasteiger partial charge on any atom is -0.355 e. The van der Waals surface area contributed by atoms with Crippen LogP contribution in [0.1, 0.15) is 33.1 Å². The number of unbranched alkanes of at least 4 members (excludes halogenated alkanes) is 1. The van der Waals surface area contributed by atoms with Gasteiger partial charge in [-0.15, -0.1) is 0 Å². The van der Waals surface area contributed by atoms with Gasteiger partial charge in [-0.3, -0.25) is 4.79 Å². The third kappa shape index (κ3) is 4.83. The highest BCUT2D eigenvalue weighted by molar-refractivity contribution is 5.81. The average Bonchev–Trinajstić information content (AvgIpc) is 2.21. The summed E-state index contributed by atoms with van der Waals surface area (Å²) >= 11 is 0. The highest BCUT2D eigenvalue weighted by Gasteiger charge is 2.18. The molecule has 0 radical (unpaired) electrons. The topological polar surface area (TPSA) is 78.9 Å². The molecule has 0 aromatic carbocycles. The molecule has 0 aliphatic carbocycles. The fourth-order valence-electron chi connectivity index (χ4n) is 1.01. The molecule has 4 nitrogen and oxygen atoms in total. The van der Waals surface area contributed by atoms with Crippen LogP contribution in [-0.4, -0.2) is 18.5 Å². The molecule has 3 N–H and O–H groups in total. The third-order valence-corrected chi connectivity index (χ3v) is 2.32. The van der Waals surface area contributed by atoms with Crippen molar-refractivity contribution < 1.29 is 4.79 Å². The van der Waals surface area contributed by atoms with Crippen molar-refractivity contribution in [2.45, 2.75) is 39.2 Å². The summed E-state index contributed by atoms with van der Waals surface area (Å²) in [7, 11) is 0. The normalized spacial score (nSPS) is 14.1. The second kappa shape index (κ2) is 7.34. The van der Waals surface area contributed by atoms with Crippen molar-refractivity contribution in [1.82, 2.24) is 5.32 Å². The van der Waals surface area contributed by atoms with Gasteiger partial charge in [-0.05, 0) is 12.3 Å². The Morgan fingerprint density at radius 3 is 2.79 bits per heavy atom. The van der Waals surface area contributed by atoms with Crippen LogP contribution < -0.4 is 11.1 Å². The molecule has 1 amide bonds. The standard InChI is InChI=1S/C10H19N3O/c1-3-8(2)9(12)10(14)13-7-5-4-6-11/h8-9H,3-5,7,12H2,1-2H3,(H,13,14)/t8-,9-/m0/s1. The van der Waals surface area contributed by atoms with Crippen molar-refractivity contribution in [2.75, 3.05) is 6.54 Å². The fraction of sp³-hybridized carbons (Fsp3) is 0.800. The zero-order valence-corrected chi connectivity index (χ0v) is 8.92. The van der Waals surface area contributed by atoms with Gasteiger partial charge in [0.1, 0.15) is 0 Å². The molecule has 2 atom stereocenters. The van der Waals surface area contributed by atoms with E-state index in [4.69, 9.17) is 11.0 Å². The van der Waals surface area contributed by atoms with Crippen LogP contribution in [0.5, 0.6) is 0 Å². The molecule has 0 aromatic rings. The molecule has 0 aliphatic heterocycles. The highest BCUT2D eigenvalue weighted by Crippen LogP contribution is 2.04. The lowest BCUT2D eigenvalue weighted by Crippen LogP contribution is -2.44. The van der Waals surface area contributed by atoms with Crippen molar-refractivity contribution in [3.63, 3.8) is 0 Å². The van der Waals surface area contributed by atoms with Crippen LogP contribution in [0, 0.1) is 17.2 Å². The molecule has 0 heterocycles. The van der Waals surface area contributed by atoms with E-state index < -0.39 is 6.04 Å². The number of nitrogens with two attached hydrogens (primary N) is 1. The summed E-state index contributed by atoms with van der Waals surface area (Å²) in [5.41, 5.74) is 5.71. The van der Waals surface area contributed by atoms with Gasteiger partial charge in [-0.25, -0.2) is 0 Å². The van der Waals surface area contributed by atoms with E-state index in [1.165, 1.54) is 0 Å². The molecule has 0 fully saturated rings. The van der Waals surface area contributed by atoms with E-state index in [1.807, 2.05) is 19.9 Å². The predicted octanol–water partition coefficient (Wildman–Crippen LogP) is 0.780. The summed E-state index contributed by atoms with van der Waals surface area (Å²) < 4.78 is 0. The van der Waals surface area contributed by atoms with Gasteiger partial charge in [-0.1, -0.05) is 20.3 Å². The molecule has 80 valence electrons. The quantitative estimate of drug-likeness (QED) is 0.617. The van der Waals surface area contributed by atoms with E-state index in [0.717, 1.165) is 6.42 Å². The molecule has 0 aromatic heterocycles. The maximum atomic E-state index is 11.4. The van der Waals surface area contributed by atoms with Crippen molar-refractivity contribution in [2.24, 2.45) is 11.7 Å². The van der Waals surface area contributed by atoms with E-state index in [9.17, 15) is 4.79 Å². The number of carbonyl (C=O) groups is 1. The molecule has 0 unspecified atom stereocenters. The Morgan fingerprint density at radius 2 is 2.29 bits per heavy atom. The van der Waals surface area contributed by atoms with Gasteiger partial charge in [0.05, 0.1) is 12.1 Å². The Morgan fingerprint density at radius 1 is 1.64 bits per heavy atom. The minimum atomic E-state index is -0.429. The second-order valence-electron chi connectivity index (χ2n) is 3.46. The zero-order chi connectivity index (χ0) is 11.0. The van der Waals surface area contributed by atoms with Crippen LogP contribution >= 0.6 is 0 Å². The van der Waals surface area contributed by atoms with Gasteiger partial charge in [0, 0.05) is 13.0 Å². The number of rotatable bonds is 6. The summed E-state index contributed by atoms with van der Waals surface area (Å²) in [5, 5.41) is 11.0. The SMILES string of the molecule is CC[C@H](C)[C@H](N)C(=O)NCCCC#N. The number of nitrogens with one attached hydrogen (secondary N) is 1. The zero-order valence-electron chi connectivity index (χ0n) is 8.92. The van der Waals surface area contributed by atoms with Crippen molar-refractivity contribution in [3.8, 4) is 6.07 Å². The van der Waals surface area contributed by atoms with Crippen LogP contribution in [0.15, 0.2) is 0 Å². The van der Waals surface area contributed by atoms with Gasteiger partial charge in [-0.2, -0.15) is 5.26 Å². The van der Waals surface area contributed by atoms with E-state index in [2.05, 4.69) is 5.32 Å². The van der Waals surface area contributed by atoms with Crippen LogP contribution in [-0.2, 0) is 4.79 Å². The fourth-order valence-corrected chi connectivity index (χ4v) is 1.01. The number of hydrogen-bond donors (Lipinski definition) is 2. The van der Waals surface area contributed by atoms with Crippen LogP contribution in [0.2, 0.25) is 0 Å². The van der Waals surface area contributed by atoms with Gasteiger partial charge in [0.2, 0.25) is 5.91 Å². The molecular formula is C10H19N3O. The smallest absolute Gasteiger partial charge is 0.237 e. The van der Waals surface area contributed by atoms with Gasteiger partial charge >= 0.3 is 0 Å². The lowest BCUT2D eigenvalue weighted by atomic mass is 9.99.